The number of ether oxygens (including phenoxy) is 2. The number of nitrogens with one attached hydrogen (secondary N) is 1. The van der Waals surface area contributed by atoms with Gasteiger partial charge in [0.05, 0.1) is 0 Å². The lowest BCUT2D eigenvalue weighted by Gasteiger charge is -2.16. The summed E-state index contributed by atoms with van der Waals surface area (Å²) < 4.78 is 10.3. The number of benzene rings is 1. The summed E-state index contributed by atoms with van der Waals surface area (Å²) >= 11 is 0. The number of carboxylic acids is 1. The van der Waals surface area contributed by atoms with Crippen molar-refractivity contribution in [2.45, 2.75) is 18.4 Å². The second-order valence-electron chi connectivity index (χ2n) is 4.58. The summed E-state index contributed by atoms with van der Waals surface area (Å²) in [7, 11) is 1.49. The van der Waals surface area contributed by atoms with Gasteiger partial charge in [0.2, 0.25) is 5.91 Å². The van der Waals surface area contributed by atoms with Crippen molar-refractivity contribution in [2.75, 3.05) is 20.3 Å². The van der Waals surface area contributed by atoms with E-state index in [2.05, 4.69) is 5.32 Å². The van der Waals surface area contributed by atoms with E-state index in [9.17, 15) is 9.59 Å². The first-order valence-corrected chi connectivity index (χ1v) is 6.37. The Labute approximate surface area is 116 Å². The van der Waals surface area contributed by atoms with Gasteiger partial charge in [-0.15, -0.1) is 0 Å². The average Bonchev–Trinajstić information content (AvgIpc) is 2.87. The highest BCUT2D eigenvalue weighted by molar-refractivity contribution is 5.89. The summed E-state index contributed by atoms with van der Waals surface area (Å²) in [6, 6.07) is 6.32. The summed E-state index contributed by atoms with van der Waals surface area (Å²) in [5, 5.41) is 11.6. The van der Waals surface area contributed by atoms with Crippen molar-refractivity contribution in [3.8, 4) is 5.75 Å². The van der Waals surface area contributed by atoms with E-state index in [4.69, 9.17) is 14.6 Å². The third-order valence-corrected chi connectivity index (χ3v) is 3.24. The molecule has 0 unspecified atom stereocenters. The second kappa shape index (κ2) is 6.38. The van der Waals surface area contributed by atoms with Gasteiger partial charge in [0, 0.05) is 25.7 Å². The Hall–Kier alpha value is -2.08. The Bertz CT molecular complexity index is 502. The molecule has 2 rings (SSSR count). The predicted octanol–water partition coefficient (Wildman–Crippen LogP) is 0.768. The Morgan fingerprint density at radius 3 is 2.95 bits per heavy atom. The van der Waals surface area contributed by atoms with Crippen LogP contribution in [0, 0.1) is 0 Å². The Morgan fingerprint density at radius 1 is 1.50 bits per heavy atom. The lowest BCUT2D eigenvalue weighted by Crippen LogP contribution is -2.44. The fourth-order valence-electron chi connectivity index (χ4n) is 2.15. The molecule has 0 aromatic heterocycles. The molecule has 0 saturated carbocycles. The predicted molar refractivity (Wildman–Crippen MR) is 70.7 cm³/mol. The van der Waals surface area contributed by atoms with Crippen molar-refractivity contribution in [1.82, 2.24) is 5.32 Å². The first kappa shape index (κ1) is 14.3. The van der Waals surface area contributed by atoms with Crippen molar-refractivity contribution in [2.24, 2.45) is 0 Å². The van der Waals surface area contributed by atoms with Gasteiger partial charge in [-0.25, -0.2) is 4.79 Å². The van der Waals surface area contributed by atoms with E-state index in [1.807, 2.05) is 18.2 Å². The molecule has 1 aromatic rings. The van der Waals surface area contributed by atoms with Gasteiger partial charge in [0.1, 0.15) is 24.3 Å². The van der Waals surface area contributed by atoms with Crippen LogP contribution in [0.5, 0.6) is 5.75 Å². The van der Waals surface area contributed by atoms with E-state index in [1.165, 1.54) is 7.11 Å². The minimum Gasteiger partial charge on any atom is -0.492 e. The summed E-state index contributed by atoms with van der Waals surface area (Å²) in [5.41, 5.74) is 0.792. The van der Waals surface area contributed by atoms with Gasteiger partial charge < -0.3 is 19.9 Å². The lowest BCUT2D eigenvalue weighted by atomic mass is 10.00. The number of hydrogen-bond donors (Lipinski definition) is 2. The molecule has 2 atom stereocenters. The smallest absolute Gasteiger partial charge is 0.326 e. The quantitative estimate of drug-likeness (QED) is 0.803. The summed E-state index contributed by atoms with van der Waals surface area (Å²) in [6.07, 6.45) is 0.229. The zero-order valence-corrected chi connectivity index (χ0v) is 11.2. The van der Waals surface area contributed by atoms with Crippen LogP contribution in [0.2, 0.25) is 0 Å². The summed E-state index contributed by atoms with van der Waals surface area (Å²) in [6.45, 7) is 0.511. The van der Waals surface area contributed by atoms with Crippen LogP contribution < -0.4 is 10.1 Å². The van der Waals surface area contributed by atoms with Crippen molar-refractivity contribution in [3.63, 3.8) is 0 Å². The van der Waals surface area contributed by atoms with Gasteiger partial charge in [-0.3, -0.25) is 4.79 Å². The highest BCUT2D eigenvalue weighted by atomic mass is 16.5. The normalized spacial score (nSPS) is 17.9. The van der Waals surface area contributed by atoms with Gasteiger partial charge in [0.25, 0.3) is 0 Å². The molecular weight excluding hydrogens is 262 g/mol. The van der Waals surface area contributed by atoms with Crippen molar-refractivity contribution >= 4 is 11.9 Å². The number of aliphatic carboxylic acids is 1. The monoisotopic (exact) mass is 279 g/mol. The molecule has 1 aliphatic heterocycles. The van der Waals surface area contributed by atoms with Crippen LogP contribution in [-0.4, -0.2) is 43.3 Å². The molecule has 0 radical (unpaired) electrons. The van der Waals surface area contributed by atoms with Crippen LogP contribution in [0.3, 0.4) is 0 Å². The summed E-state index contributed by atoms with van der Waals surface area (Å²) in [4.78, 5) is 23.3. The fourth-order valence-corrected chi connectivity index (χ4v) is 2.15. The van der Waals surface area contributed by atoms with Gasteiger partial charge in [-0.2, -0.15) is 0 Å². The molecule has 1 heterocycles. The van der Waals surface area contributed by atoms with E-state index in [-0.39, 0.29) is 25.5 Å². The van der Waals surface area contributed by atoms with E-state index in [0.717, 1.165) is 5.56 Å². The largest absolute Gasteiger partial charge is 0.492 e. The molecule has 1 amide bonds. The van der Waals surface area contributed by atoms with Gasteiger partial charge in [0.15, 0.2) is 0 Å². The molecule has 0 bridgehead atoms. The van der Waals surface area contributed by atoms with Crippen LogP contribution in [0.25, 0.3) is 0 Å². The maximum absolute atomic E-state index is 12.2. The Morgan fingerprint density at radius 2 is 2.25 bits per heavy atom. The number of carbonyl (C=O) groups is 2. The maximum Gasteiger partial charge on any atom is 0.326 e. The summed E-state index contributed by atoms with van der Waals surface area (Å²) in [5.74, 6) is -1.19. The number of fused-ring (bicyclic) bond motifs is 1. The number of carbonyl (C=O) groups excluding carboxylic acids is 1. The highest BCUT2D eigenvalue weighted by Gasteiger charge is 2.32. The van der Waals surface area contributed by atoms with E-state index in [1.54, 1.807) is 6.07 Å². The standard InChI is InChI=1S/C14H17NO5/c1-19-7-6-11(14(17)18)15-13(16)10-8-20-12-5-3-2-4-9(10)12/h2-5,10-11H,6-8H2,1H3,(H,15,16)(H,17,18)/t10-,11-/m0/s1. The molecule has 6 heteroatoms. The molecule has 108 valence electrons. The van der Waals surface area contributed by atoms with Gasteiger partial charge in [-0.05, 0) is 6.07 Å². The third-order valence-electron chi connectivity index (χ3n) is 3.24. The molecule has 6 nitrogen and oxygen atoms in total. The molecule has 1 aliphatic rings. The fraction of sp³-hybridized carbons (Fsp3) is 0.429. The number of amides is 1. The molecule has 0 spiro atoms. The molecule has 1 aromatic carbocycles. The third kappa shape index (κ3) is 3.08. The lowest BCUT2D eigenvalue weighted by molar-refractivity contribution is -0.142. The van der Waals surface area contributed by atoms with Crippen LogP contribution in [0.4, 0.5) is 0 Å². The van der Waals surface area contributed by atoms with E-state index in [0.29, 0.717) is 5.75 Å². The van der Waals surface area contributed by atoms with Crippen molar-refractivity contribution in [1.29, 1.82) is 0 Å². The second-order valence-corrected chi connectivity index (χ2v) is 4.58. The van der Waals surface area contributed by atoms with Crippen LogP contribution in [-0.2, 0) is 14.3 Å². The minimum atomic E-state index is -1.07. The number of hydrogen-bond acceptors (Lipinski definition) is 4. The molecule has 20 heavy (non-hydrogen) atoms. The first-order valence-electron chi connectivity index (χ1n) is 6.37. The highest BCUT2D eigenvalue weighted by Crippen LogP contribution is 2.33. The number of methoxy groups -OCH3 is 1. The SMILES string of the molecule is COCC[C@H](NC(=O)[C@H]1COc2ccccc21)C(=O)O. The molecule has 0 aliphatic carbocycles. The van der Waals surface area contributed by atoms with Crippen molar-refractivity contribution < 1.29 is 24.2 Å². The maximum atomic E-state index is 12.2. The van der Waals surface area contributed by atoms with Crippen LogP contribution >= 0.6 is 0 Å². The molecular formula is C14H17NO5. The first-order chi connectivity index (χ1) is 9.63. The molecule has 0 saturated heterocycles. The molecule has 0 fully saturated rings. The van der Waals surface area contributed by atoms with E-state index < -0.39 is 17.9 Å². The van der Waals surface area contributed by atoms with Crippen molar-refractivity contribution in [3.05, 3.63) is 29.8 Å². The number of carboxylic acid groups (broad SMARTS) is 1. The van der Waals surface area contributed by atoms with Gasteiger partial charge >= 0.3 is 5.97 Å². The topological polar surface area (TPSA) is 84.9 Å². The Balaban J connectivity index is 2.03. The minimum absolute atomic E-state index is 0.229. The zero-order valence-electron chi connectivity index (χ0n) is 11.2. The number of para-hydroxylation sites is 1. The Kier molecular flexibility index (Phi) is 4.57. The van der Waals surface area contributed by atoms with Crippen LogP contribution in [0.1, 0.15) is 17.9 Å². The zero-order chi connectivity index (χ0) is 14.5. The van der Waals surface area contributed by atoms with Crippen LogP contribution in [0.15, 0.2) is 24.3 Å². The van der Waals surface area contributed by atoms with E-state index >= 15 is 0 Å². The van der Waals surface area contributed by atoms with Gasteiger partial charge in [-0.1, -0.05) is 18.2 Å². The average molecular weight is 279 g/mol. The molecule has 2 N–H and O–H groups in total. The number of rotatable bonds is 6.